The maximum atomic E-state index is 11.3. The van der Waals surface area contributed by atoms with Crippen molar-refractivity contribution in [3.8, 4) is 12.3 Å². The number of halogens is 1. The van der Waals surface area contributed by atoms with Gasteiger partial charge in [0.05, 0.1) is 12.1 Å². The van der Waals surface area contributed by atoms with Crippen LogP contribution in [0.25, 0.3) is 0 Å². The molecular weight excluding hydrogens is 190 g/mol. The fourth-order valence-electron chi connectivity index (χ4n) is 1.56. The lowest BCUT2D eigenvalue weighted by Gasteiger charge is -2.23. The molecule has 0 bridgehead atoms. The lowest BCUT2D eigenvalue weighted by atomic mass is 10.2. The van der Waals surface area contributed by atoms with Crippen LogP contribution >= 0.6 is 11.6 Å². The predicted octanol–water partition coefficient (Wildman–Crippen LogP) is 0.417. The van der Waals surface area contributed by atoms with Gasteiger partial charge in [0.1, 0.15) is 12.2 Å². The van der Waals surface area contributed by atoms with E-state index in [0.29, 0.717) is 12.8 Å². The number of terminal acetylenes is 1. The summed E-state index contributed by atoms with van der Waals surface area (Å²) in [4.78, 5) is 23.3. The van der Waals surface area contributed by atoms with E-state index in [-0.39, 0.29) is 23.9 Å². The minimum absolute atomic E-state index is 0.123. The van der Waals surface area contributed by atoms with Crippen LogP contribution in [0.4, 0.5) is 0 Å². The molecule has 1 aliphatic heterocycles. The molecule has 1 amide bonds. The molecule has 1 saturated heterocycles. The van der Waals surface area contributed by atoms with Crippen LogP contribution in [-0.4, -0.2) is 35.1 Å². The topological polar surface area (TPSA) is 37.4 Å². The van der Waals surface area contributed by atoms with E-state index in [1.807, 2.05) is 0 Å². The van der Waals surface area contributed by atoms with Gasteiger partial charge < -0.3 is 9.69 Å². The number of aldehydes is 1. The molecule has 0 aromatic carbocycles. The van der Waals surface area contributed by atoms with Crippen LogP contribution in [0.5, 0.6) is 0 Å². The Balaban J connectivity index is 2.80. The Hall–Kier alpha value is -1.01. The summed E-state index contributed by atoms with van der Waals surface area (Å²) in [5, 5.41) is 0. The molecular formula is C9H10ClNO2. The van der Waals surface area contributed by atoms with Crippen LogP contribution in [0.2, 0.25) is 0 Å². The molecule has 2 atom stereocenters. The highest BCUT2D eigenvalue weighted by molar-refractivity contribution is 6.27. The van der Waals surface area contributed by atoms with Crippen molar-refractivity contribution in [1.29, 1.82) is 0 Å². The summed E-state index contributed by atoms with van der Waals surface area (Å²) in [7, 11) is 0. The average Bonchev–Trinajstić information content (AvgIpc) is 2.59. The molecule has 70 valence electrons. The van der Waals surface area contributed by atoms with Crippen LogP contribution < -0.4 is 0 Å². The van der Waals surface area contributed by atoms with Crippen molar-refractivity contribution >= 4 is 23.8 Å². The minimum atomic E-state index is -0.382. The minimum Gasteiger partial charge on any atom is -0.318 e. The molecule has 1 aliphatic rings. The molecule has 3 nitrogen and oxygen atoms in total. The Kier molecular flexibility index (Phi) is 3.32. The van der Waals surface area contributed by atoms with Gasteiger partial charge in [-0.25, -0.2) is 0 Å². The fourth-order valence-corrected chi connectivity index (χ4v) is 1.70. The van der Waals surface area contributed by atoms with Crippen molar-refractivity contribution in [2.75, 3.05) is 5.88 Å². The summed E-state index contributed by atoms with van der Waals surface area (Å²) in [6, 6.07) is -0.645. The molecule has 0 spiro atoms. The van der Waals surface area contributed by atoms with Crippen molar-refractivity contribution in [3.63, 3.8) is 0 Å². The molecule has 1 heterocycles. The highest BCUT2D eigenvalue weighted by Gasteiger charge is 2.34. The van der Waals surface area contributed by atoms with Crippen molar-refractivity contribution in [2.24, 2.45) is 0 Å². The second-order valence-corrected chi connectivity index (χ2v) is 3.17. The third-order valence-corrected chi connectivity index (χ3v) is 2.41. The molecule has 1 rings (SSSR count). The zero-order valence-electron chi connectivity index (χ0n) is 7.07. The van der Waals surface area contributed by atoms with Crippen LogP contribution in [0, 0.1) is 12.3 Å². The van der Waals surface area contributed by atoms with Gasteiger partial charge in [-0.2, -0.15) is 0 Å². The SMILES string of the molecule is C#C[C@H]1CC[C@@H](C=O)N1C(=O)CCl. The van der Waals surface area contributed by atoms with Gasteiger partial charge in [-0.3, -0.25) is 4.79 Å². The van der Waals surface area contributed by atoms with Crippen molar-refractivity contribution in [2.45, 2.75) is 24.9 Å². The first kappa shape index (κ1) is 10.1. The average molecular weight is 200 g/mol. The summed E-state index contributed by atoms with van der Waals surface area (Å²) in [5.74, 6) is 2.09. The van der Waals surface area contributed by atoms with Gasteiger partial charge in [0.2, 0.25) is 5.91 Å². The summed E-state index contributed by atoms with van der Waals surface area (Å²) in [6.07, 6.45) is 7.31. The summed E-state index contributed by atoms with van der Waals surface area (Å²) >= 11 is 5.40. The molecule has 0 saturated carbocycles. The van der Waals surface area contributed by atoms with E-state index >= 15 is 0 Å². The van der Waals surface area contributed by atoms with E-state index in [4.69, 9.17) is 18.0 Å². The van der Waals surface area contributed by atoms with Crippen LogP contribution in [0.3, 0.4) is 0 Å². The number of hydrogen-bond donors (Lipinski definition) is 0. The Morgan fingerprint density at radius 3 is 2.85 bits per heavy atom. The van der Waals surface area contributed by atoms with Gasteiger partial charge in [0.25, 0.3) is 0 Å². The molecule has 0 aromatic heterocycles. The summed E-state index contributed by atoms with van der Waals surface area (Å²) in [6.45, 7) is 0. The van der Waals surface area contributed by atoms with E-state index in [9.17, 15) is 9.59 Å². The van der Waals surface area contributed by atoms with Gasteiger partial charge in [0.15, 0.2) is 0 Å². The second kappa shape index (κ2) is 4.29. The quantitative estimate of drug-likeness (QED) is 0.367. The molecule has 1 fully saturated rings. The third-order valence-electron chi connectivity index (χ3n) is 2.18. The van der Waals surface area contributed by atoms with Crippen molar-refractivity contribution in [3.05, 3.63) is 0 Å². The molecule has 0 radical (unpaired) electrons. The largest absolute Gasteiger partial charge is 0.318 e. The van der Waals surface area contributed by atoms with E-state index in [1.165, 1.54) is 4.90 Å². The first-order valence-electron chi connectivity index (χ1n) is 4.03. The normalized spacial score (nSPS) is 26.9. The Labute approximate surface area is 82.0 Å². The number of amides is 1. The van der Waals surface area contributed by atoms with Crippen LogP contribution in [0.15, 0.2) is 0 Å². The lowest BCUT2D eigenvalue weighted by molar-refractivity contribution is -0.133. The maximum absolute atomic E-state index is 11.3. The number of alkyl halides is 1. The Morgan fingerprint density at radius 2 is 2.38 bits per heavy atom. The maximum Gasteiger partial charge on any atom is 0.239 e. The van der Waals surface area contributed by atoms with Crippen LogP contribution in [0.1, 0.15) is 12.8 Å². The fraction of sp³-hybridized carbons (Fsp3) is 0.556. The van der Waals surface area contributed by atoms with E-state index in [2.05, 4.69) is 5.92 Å². The highest BCUT2D eigenvalue weighted by Crippen LogP contribution is 2.22. The Morgan fingerprint density at radius 1 is 1.69 bits per heavy atom. The molecule has 0 unspecified atom stereocenters. The van der Waals surface area contributed by atoms with Crippen molar-refractivity contribution < 1.29 is 9.59 Å². The molecule has 0 aromatic rings. The van der Waals surface area contributed by atoms with E-state index < -0.39 is 0 Å². The van der Waals surface area contributed by atoms with Gasteiger partial charge in [0, 0.05) is 0 Å². The Bertz CT molecular complexity index is 259. The number of hydrogen-bond acceptors (Lipinski definition) is 2. The lowest BCUT2D eigenvalue weighted by Crippen LogP contribution is -2.42. The van der Waals surface area contributed by atoms with Gasteiger partial charge in [-0.15, -0.1) is 18.0 Å². The standard InChI is InChI=1S/C9H10ClNO2/c1-2-7-3-4-8(6-12)11(7)9(13)5-10/h1,6-8H,3-5H2/t7-,8-/m0/s1. The first-order chi connectivity index (χ1) is 6.24. The van der Waals surface area contributed by atoms with Crippen molar-refractivity contribution in [1.82, 2.24) is 4.90 Å². The number of nitrogens with zero attached hydrogens (tertiary/aromatic N) is 1. The number of likely N-dealkylation sites (tertiary alicyclic amines) is 1. The zero-order valence-corrected chi connectivity index (χ0v) is 7.83. The summed E-state index contributed by atoms with van der Waals surface area (Å²) in [5.41, 5.74) is 0. The number of carbonyl (C=O) groups is 2. The monoisotopic (exact) mass is 199 g/mol. The smallest absolute Gasteiger partial charge is 0.239 e. The van der Waals surface area contributed by atoms with E-state index in [0.717, 1.165) is 6.29 Å². The third kappa shape index (κ3) is 1.84. The summed E-state index contributed by atoms with van der Waals surface area (Å²) < 4.78 is 0. The molecule has 4 heteroatoms. The number of rotatable bonds is 2. The zero-order chi connectivity index (χ0) is 9.84. The molecule has 0 aliphatic carbocycles. The number of carbonyl (C=O) groups excluding carboxylic acids is 2. The predicted molar refractivity (Wildman–Crippen MR) is 49.3 cm³/mol. The van der Waals surface area contributed by atoms with Gasteiger partial charge in [-0.1, -0.05) is 5.92 Å². The molecule has 13 heavy (non-hydrogen) atoms. The van der Waals surface area contributed by atoms with Gasteiger partial charge >= 0.3 is 0 Å². The highest BCUT2D eigenvalue weighted by atomic mass is 35.5. The van der Waals surface area contributed by atoms with Crippen LogP contribution in [-0.2, 0) is 9.59 Å². The second-order valence-electron chi connectivity index (χ2n) is 2.90. The van der Waals surface area contributed by atoms with Gasteiger partial charge in [-0.05, 0) is 12.8 Å². The first-order valence-corrected chi connectivity index (χ1v) is 4.56. The van der Waals surface area contributed by atoms with E-state index in [1.54, 1.807) is 0 Å². The molecule has 0 N–H and O–H groups in total.